The van der Waals surface area contributed by atoms with Crippen LogP contribution in [-0.2, 0) is 4.79 Å². The normalized spacial score (nSPS) is 16.0. The molecule has 116 valence electrons. The van der Waals surface area contributed by atoms with Crippen molar-refractivity contribution in [3.8, 4) is 0 Å². The van der Waals surface area contributed by atoms with Gasteiger partial charge in [-0.3, -0.25) is 9.59 Å². The summed E-state index contributed by atoms with van der Waals surface area (Å²) in [4.78, 5) is 31.5. The maximum atomic E-state index is 12.6. The SMILES string of the molecule is CCCC(=O)N1CCCN(C(=O)c2cc(C)[nH]c2C)CC1. The van der Waals surface area contributed by atoms with E-state index in [2.05, 4.69) is 4.98 Å². The molecular weight excluding hydrogens is 266 g/mol. The number of aromatic nitrogens is 1. The lowest BCUT2D eigenvalue weighted by atomic mass is 10.2. The van der Waals surface area contributed by atoms with Crippen LogP contribution in [0, 0.1) is 13.8 Å². The largest absolute Gasteiger partial charge is 0.362 e. The van der Waals surface area contributed by atoms with E-state index in [0.717, 1.165) is 42.9 Å². The Morgan fingerprint density at radius 2 is 1.81 bits per heavy atom. The molecular formula is C16H25N3O2. The molecule has 1 aromatic heterocycles. The summed E-state index contributed by atoms with van der Waals surface area (Å²) in [6.07, 6.45) is 2.33. The van der Waals surface area contributed by atoms with E-state index in [4.69, 9.17) is 0 Å². The minimum absolute atomic E-state index is 0.0710. The van der Waals surface area contributed by atoms with Gasteiger partial charge in [-0.05, 0) is 32.8 Å². The summed E-state index contributed by atoms with van der Waals surface area (Å²) < 4.78 is 0. The van der Waals surface area contributed by atoms with Gasteiger partial charge in [-0.2, -0.15) is 0 Å². The molecule has 2 heterocycles. The Bertz CT molecular complexity index is 522. The second-order valence-corrected chi connectivity index (χ2v) is 5.77. The Morgan fingerprint density at radius 3 is 2.43 bits per heavy atom. The first-order chi connectivity index (χ1) is 10.0. The molecule has 2 amide bonds. The van der Waals surface area contributed by atoms with Gasteiger partial charge in [0, 0.05) is 44.0 Å². The Hall–Kier alpha value is -1.78. The lowest BCUT2D eigenvalue weighted by molar-refractivity contribution is -0.131. The van der Waals surface area contributed by atoms with Crippen LogP contribution in [0.3, 0.4) is 0 Å². The van der Waals surface area contributed by atoms with Gasteiger partial charge in [0.25, 0.3) is 5.91 Å². The van der Waals surface area contributed by atoms with Crippen LogP contribution < -0.4 is 0 Å². The third-order valence-electron chi connectivity index (χ3n) is 3.98. The monoisotopic (exact) mass is 291 g/mol. The first-order valence-electron chi connectivity index (χ1n) is 7.76. The number of nitrogens with zero attached hydrogens (tertiary/aromatic N) is 2. The molecule has 0 radical (unpaired) electrons. The van der Waals surface area contributed by atoms with Crippen molar-refractivity contribution in [1.82, 2.24) is 14.8 Å². The zero-order valence-corrected chi connectivity index (χ0v) is 13.2. The van der Waals surface area contributed by atoms with Gasteiger partial charge < -0.3 is 14.8 Å². The van der Waals surface area contributed by atoms with Gasteiger partial charge in [-0.25, -0.2) is 0 Å². The summed E-state index contributed by atoms with van der Waals surface area (Å²) in [6, 6.07) is 1.91. The van der Waals surface area contributed by atoms with E-state index in [9.17, 15) is 9.59 Å². The summed E-state index contributed by atoms with van der Waals surface area (Å²) >= 11 is 0. The van der Waals surface area contributed by atoms with Gasteiger partial charge in [-0.1, -0.05) is 6.92 Å². The van der Waals surface area contributed by atoms with Gasteiger partial charge >= 0.3 is 0 Å². The quantitative estimate of drug-likeness (QED) is 0.927. The van der Waals surface area contributed by atoms with Gasteiger partial charge in [0.15, 0.2) is 0 Å². The second kappa shape index (κ2) is 6.78. The van der Waals surface area contributed by atoms with E-state index < -0.39 is 0 Å². The number of H-pyrrole nitrogens is 1. The van der Waals surface area contributed by atoms with Crippen molar-refractivity contribution in [3.05, 3.63) is 23.0 Å². The van der Waals surface area contributed by atoms with Crippen molar-refractivity contribution in [3.63, 3.8) is 0 Å². The molecule has 1 N–H and O–H groups in total. The molecule has 5 nitrogen and oxygen atoms in total. The first-order valence-corrected chi connectivity index (χ1v) is 7.76. The summed E-state index contributed by atoms with van der Waals surface area (Å²) in [5.74, 6) is 0.280. The molecule has 0 saturated carbocycles. The van der Waals surface area contributed by atoms with E-state index in [-0.39, 0.29) is 11.8 Å². The van der Waals surface area contributed by atoms with Crippen LogP contribution in [-0.4, -0.2) is 52.8 Å². The fourth-order valence-corrected chi connectivity index (χ4v) is 2.86. The Balaban J connectivity index is 2.01. The first kappa shape index (κ1) is 15.6. The Labute approximate surface area is 126 Å². The molecule has 0 aliphatic carbocycles. The van der Waals surface area contributed by atoms with E-state index in [1.54, 1.807) is 0 Å². The van der Waals surface area contributed by atoms with Crippen molar-refractivity contribution in [2.45, 2.75) is 40.0 Å². The molecule has 0 aromatic carbocycles. The van der Waals surface area contributed by atoms with Crippen LogP contribution >= 0.6 is 0 Å². The number of rotatable bonds is 3. The molecule has 1 saturated heterocycles. The molecule has 2 rings (SSSR count). The van der Waals surface area contributed by atoms with Crippen molar-refractivity contribution < 1.29 is 9.59 Å². The smallest absolute Gasteiger partial charge is 0.255 e. The van der Waals surface area contributed by atoms with Crippen LogP contribution in [0.4, 0.5) is 0 Å². The van der Waals surface area contributed by atoms with Gasteiger partial charge in [0.05, 0.1) is 5.56 Å². The molecule has 0 unspecified atom stereocenters. The number of aromatic amines is 1. The number of amides is 2. The van der Waals surface area contributed by atoms with Crippen LogP contribution in [0.2, 0.25) is 0 Å². The van der Waals surface area contributed by atoms with Gasteiger partial charge in [0.1, 0.15) is 0 Å². The summed E-state index contributed by atoms with van der Waals surface area (Å²) in [6.45, 7) is 8.65. The van der Waals surface area contributed by atoms with Crippen molar-refractivity contribution in [1.29, 1.82) is 0 Å². The fourth-order valence-electron chi connectivity index (χ4n) is 2.86. The summed E-state index contributed by atoms with van der Waals surface area (Å²) in [5, 5.41) is 0. The summed E-state index contributed by atoms with van der Waals surface area (Å²) in [5.41, 5.74) is 2.67. The van der Waals surface area contributed by atoms with E-state index in [1.165, 1.54) is 0 Å². The average Bonchev–Trinajstić information content (AvgIpc) is 2.66. The molecule has 0 atom stereocenters. The fraction of sp³-hybridized carbons (Fsp3) is 0.625. The number of carbonyl (C=O) groups excluding carboxylic acids is 2. The lowest BCUT2D eigenvalue weighted by Crippen LogP contribution is -2.37. The predicted molar refractivity (Wildman–Crippen MR) is 82.3 cm³/mol. The average molecular weight is 291 g/mol. The number of carbonyl (C=O) groups is 2. The zero-order chi connectivity index (χ0) is 15.4. The van der Waals surface area contributed by atoms with Crippen LogP contribution in [0.1, 0.15) is 47.9 Å². The topological polar surface area (TPSA) is 56.4 Å². The van der Waals surface area contributed by atoms with E-state index >= 15 is 0 Å². The second-order valence-electron chi connectivity index (χ2n) is 5.77. The van der Waals surface area contributed by atoms with E-state index in [0.29, 0.717) is 19.5 Å². The molecule has 21 heavy (non-hydrogen) atoms. The highest BCUT2D eigenvalue weighted by molar-refractivity contribution is 5.95. The third-order valence-corrected chi connectivity index (χ3v) is 3.98. The molecule has 1 fully saturated rings. The predicted octanol–water partition coefficient (Wildman–Crippen LogP) is 2.11. The van der Waals surface area contributed by atoms with Gasteiger partial charge in [-0.15, -0.1) is 0 Å². The number of aryl methyl sites for hydroxylation is 2. The highest BCUT2D eigenvalue weighted by Gasteiger charge is 2.23. The minimum Gasteiger partial charge on any atom is -0.362 e. The minimum atomic E-state index is 0.0710. The Morgan fingerprint density at radius 1 is 1.14 bits per heavy atom. The standard InChI is InChI=1S/C16H25N3O2/c1-4-6-15(20)18-7-5-8-19(10-9-18)16(21)14-11-12(2)17-13(14)3/h11,17H,4-10H2,1-3H3. The number of hydrogen-bond donors (Lipinski definition) is 1. The highest BCUT2D eigenvalue weighted by Crippen LogP contribution is 2.14. The van der Waals surface area contributed by atoms with Crippen molar-refractivity contribution >= 4 is 11.8 Å². The zero-order valence-electron chi connectivity index (χ0n) is 13.2. The third kappa shape index (κ3) is 3.65. The van der Waals surface area contributed by atoms with Crippen LogP contribution in [0.25, 0.3) is 0 Å². The van der Waals surface area contributed by atoms with Crippen LogP contribution in [0.5, 0.6) is 0 Å². The molecule has 5 heteroatoms. The maximum Gasteiger partial charge on any atom is 0.255 e. The summed E-state index contributed by atoms with van der Waals surface area (Å²) in [7, 11) is 0. The molecule has 0 bridgehead atoms. The molecule has 0 spiro atoms. The van der Waals surface area contributed by atoms with Crippen molar-refractivity contribution in [2.24, 2.45) is 0 Å². The molecule has 1 aliphatic heterocycles. The number of hydrogen-bond acceptors (Lipinski definition) is 2. The van der Waals surface area contributed by atoms with E-state index in [1.807, 2.05) is 36.6 Å². The highest BCUT2D eigenvalue weighted by atomic mass is 16.2. The van der Waals surface area contributed by atoms with Crippen LogP contribution in [0.15, 0.2) is 6.07 Å². The molecule has 1 aliphatic rings. The Kier molecular flexibility index (Phi) is 5.04. The maximum absolute atomic E-state index is 12.6. The number of nitrogens with one attached hydrogen (secondary N) is 1. The molecule has 1 aromatic rings. The van der Waals surface area contributed by atoms with Gasteiger partial charge in [0.2, 0.25) is 5.91 Å². The lowest BCUT2D eigenvalue weighted by Gasteiger charge is -2.22. The van der Waals surface area contributed by atoms with Crippen molar-refractivity contribution in [2.75, 3.05) is 26.2 Å².